The number of nitrogens with one attached hydrogen (secondary N) is 2. The Morgan fingerprint density at radius 2 is 2.38 bits per heavy atom. The number of anilines is 2. The van der Waals surface area contributed by atoms with Crippen molar-refractivity contribution in [1.29, 1.82) is 0 Å². The molecular weight excluding hydrogens is 288 g/mol. The zero-order chi connectivity index (χ0) is 14.5. The van der Waals surface area contributed by atoms with Crippen LogP contribution in [0.1, 0.15) is 22.9 Å². The van der Waals surface area contributed by atoms with Crippen LogP contribution in [0.3, 0.4) is 0 Å². The molecule has 3 rings (SSSR count). The van der Waals surface area contributed by atoms with Crippen LogP contribution in [0.25, 0.3) is 0 Å². The number of rotatable bonds is 5. The van der Waals surface area contributed by atoms with Gasteiger partial charge in [0.1, 0.15) is 15.8 Å². The van der Waals surface area contributed by atoms with Crippen LogP contribution in [0.4, 0.5) is 11.8 Å². The van der Waals surface area contributed by atoms with E-state index < -0.39 is 0 Å². The van der Waals surface area contributed by atoms with E-state index in [0.29, 0.717) is 18.5 Å². The van der Waals surface area contributed by atoms with Crippen LogP contribution in [0.15, 0.2) is 12.3 Å². The molecule has 0 unspecified atom stereocenters. The molecule has 21 heavy (non-hydrogen) atoms. The lowest BCUT2D eigenvalue weighted by atomic mass is 10.1. The fourth-order valence-electron chi connectivity index (χ4n) is 2.15. The summed E-state index contributed by atoms with van der Waals surface area (Å²) in [7, 11) is 0. The Morgan fingerprint density at radius 3 is 3.14 bits per heavy atom. The predicted octanol–water partition coefficient (Wildman–Crippen LogP) is 1.84. The molecule has 0 radical (unpaired) electrons. The summed E-state index contributed by atoms with van der Waals surface area (Å²) >= 11 is 1.57. The van der Waals surface area contributed by atoms with Gasteiger partial charge < -0.3 is 15.4 Å². The van der Waals surface area contributed by atoms with Gasteiger partial charge in [0.05, 0.1) is 19.2 Å². The monoisotopic (exact) mass is 306 g/mol. The molecule has 1 saturated heterocycles. The van der Waals surface area contributed by atoms with E-state index in [0.717, 1.165) is 41.9 Å². The number of hydrogen-bond acceptors (Lipinski definition) is 8. The van der Waals surface area contributed by atoms with Crippen LogP contribution in [0.2, 0.25) is 0 Å². The Balaban J connectivity index is 1.57. The molecule has 7 nitrogen and oxygen atoms in total. The fourth-order valence-corrected chi connectivity index (χ4v) is 2.80. The molecule has 2 aromatic rings. The van der Waals surface area contributed by atoms with Crippen molar-refractivity contribution in [3.8, 4) is 0 Å². The van der Waals surface area contributed by atoms with Gasteiger partial charge in [0.2, 0.25) is 5.95 Å². The van der Waals surface area contributed by atoms with Crippen molar-refractivity contribution < 1.29 is 4.74 Å². The van der Waals surface area contributed by atoms with E-state index in [4.69, 9.17) is 4.74 Å². The number of aryl methyl sites for hydroxylation is 1. The summed E-state index contributed by atoms with van der Waals surface area (Å²) in [6, 6.07) is 2.20. The summed E-state index contributed by atoms with van der Waals surface area (Å²) in [6.45, 7) is 4.11. The second-order valence-corrected chi connectivity index (χ2v) is 6.16. The molecule has 0 aliphatic carbocycles. The number of aromatic nitrogens is 4. The first-order chi connectivity index (χ1) is 10.3. The maximum absolute atomic E-state index is 5.46. The average Bonchev–Trinajstić information content (AvgIpc) is 2.92. The molecule has 2 aromatic heterocycles. The molecule has 0 amide bonds. The van der Waals surface area contributed by atoms with Gasteiger partial charge in [-0.05, 0) is 25.8 Å². The van der Waals surface area contributed by atoms with Gasteiger partial charge in [-0.15, -0.1) is 10.2 Å². The molecule has 1 fully saturated rings. The quantitative estimate of drug-likeness (QED) is 0.871. The van der Waals surface area contributed by atoms with Crippen LogP contribution < -0.4 is 10.6 Å². The first-order valence-electron chi connectivity index (χ1n) is 7.00. The van der Waals surface area contributed by atoms with Gasteiger partial charge in [-0.1, -0.05) is 11.3 Å². The van der Waals surface area contributed by atoms with E-state index >= 15 is 0 Å². The molecule has 0 bridgehead atoms. The second kappa shape index (κ2) is 6.77. The number of hydrogen-bond donors (Lipinski definition) is 2. The largest absolute Gasteiger partial charge is 0.379 e. The first-order valence-corrected chi connectivity index (χ1v) is 7.81. The minimum absolute atomic E-state index is 0.326. The molecule has 1 aliphatic heterocycles. The average molecular weight is 306 g/mol. The highest BCUT2D eigenvalue weighted by atomic mass is 32.1. The predicted molar refractivity (Wildman–Crippen MR) is 81.5 cm³/mol. The van der Waals surface area contributed by atoms with E-state index in [-0.39, 0.29) is 0 Å². The van der Waals surface area contributed by atoms with Gasteiger partial charge in [-0.25, -0.2) is 4.98 Å². The van der Waals surface area contributed by atoms with Crippen molar-refractivity contribution in [3.63, 3.8) is 0 Å². The Labute approximate surface area is 127 Å². The highest BCUT2D eigenvalue weighted by molar-refractivity contribution is 7.11. The third-order valence-corrected chi connectivity index (χ3v) is 3.97. The van der Waals surface area contributed by atoms with Gasteiger partial charge in [0.25, 0.3) is 0 Å². The minimum atomic E-state index is 0.326. The molecule has 1 atom stereocenters. The molecule has 2 N–H and O–H groups in total. The standard InChI is InChI=1S/C13H18N6OS/c1-9-18-19-12(21-9)7-15-13-14-5-4-11(17-13)16-10-3-2-6-20-8-10/h4-5,10H,2-3,6-8H2,1H3,(H2,14,15,16,17)/t10-/m0/s1. The third kappa shape index (κ3) is 4.08. The Morgan fingerprint density at radius 1 is 1.43 bits per heavy atom. The molecule has 3 heterocycles. The van der Waals surface area contributed by atoms with Crippen molar-refractivity contribution in [2.24, 2.45) is 0 Å². The van der Waals surface area contributed by atoms with Crippen LogP contribution in [-0.2, 0) is 11.3 Å². The molecular formula is C13H18N6OS. The molecule has 1 aliphatic rings. The molecule has 0 aromatic carbocycles. The zero-order valence-corrected chi connectivity index (χ0v) is 12.7. The van der Waals surface area contributed by atoms with Crippen molar-refractivity contribution >= 4 is 23.1 Å². The Bertz CT molecular complexity index is 584. The first kappa shape index (κ1) is 14.2. The minimum Gasteiger partial charge on any atom is -0.379 e. The summed E-state index contributed by atoms with van der Waals surface area (Å²) < 4.78 is 5.46. The normalized spacial score (nSPS) is 18.4. The number of nitrogens with zero attached hydrogens (tertiary/aromatic N) is 4. The lowest BCUT2D eigenvalue weighted by Crippen LogP contribution is -2.30. The fraction of sp³-hybridized carbons (Fsp3) is 0.538. The van der Waals surface area contributed by atoms with Crippen molar-refractivity contribution in [2.75, 3.05) is 23.8 Å². The highest BCUT2D eigenvalue weighted by Gasteiger charge is 2.14. The van der Waals surface area contributed by atoms with E-state index in [2.05, 4.69) is 30.8 Å². The van der Waals surface area contributed by atoms with Gasteiger partial charge in [-0.3, -0.25) is 0 Å². The summed E-state index contributed by atoms with van der Waals surface area (Å²) in [5.41, 5.74) is 0. The van der Waals surface area contributed by atoms with E-state index in [1.807, 2.05) is 13.0 Å². The van der Waals surface area contributed by atoms with E-state index in [1.54, 1.807) is 17.5 Å². The summed E-state index contributed by atoms with van der Waals surface area (Å²) in [6.07, 6.45) is 3.94. The smallest absolute Gasteiger partial charge is 0.224 e. The van der Waals surface area contributed by atoms with Crippen LogP contribution in [0, 0.1) is 6.92 Å². The van der Waals surface area contributed by atoms with Crippen LogP contribution in [0.5, 0.6) is 0 Å². The molecule has 8 heteroatoms. The third-order valence-electron chi connectivity index (χ3n) is 3.13. The molecule has 0 spiro atoms. The van der Waals surface area contributed by atoms with Crippen LogP contribution >= 0.6 is 11.3 Å². The lowest BCUT2D eigenvalue weighted by Gasteiger charge is -2.23. The van der Waals surface area contributed by atoms with Crippen molar-refractivity contribution in [3.05, 3.63) is 22.3 Å². The van der Waals surface area contributed by atoms with Gasteiger partial charge >= 0.3 is 0 Å². The maximum atomic E-state index is 5.46. The zero-order valence-electron chi connectivity index (χ0n) is 11.9. The van der Waals surface area contributed by atoms with Crippen molar-refractivity contribution in [2.45, 2.75) is 32.4 Å². The molecule has 0 saturated carbocycles. The van der Waals surface area contributed by atoms with E-state index in [9.17, 15) is 0 Å². The van der Waals surface area contributed by atoms with E-state index in [1.165, 1.54) is 0 Å². The summed E-state index contributed by atoms with van der Waals surface area (Å²) in [5, 5.41) is 16.5. The summed E-state index contributed by atoms with van der Waals surface area (Å²) in [4.78, 5) is 8.67. The summed E-state index contributed by atoms with van der Waals surface area (Å²) in [5.74, 6) is 1.40. The number of ether oxygens (including phenoxy) is 1. The maximum Gasteiger partial charge on any atom is 0.224 e. The second-order valence-electron chi connectivity index (χ2n) is 4.89. The SMILES string of the molecule is Cc1nnc(CNc2nccc(N[C@H]3CCCOC3)n2)s1. The van der Waals surface area contributed by atoms with Gasteiger partial charge in [0, 0.05) is 12.8 Å². The van der Waals surface area contributed by atoms with Gasteiger partial charge in [0.15, 0.2) is 0 Å². The van der Waals surface area contributed by atoms with Crippen molar-refractivity contribution in [1.82, 2.24) is 20.2 Å². The Hall–Kier alpha value is -1.80. The molecule has 112 valence electrons. The lowest BCUT2D eigenvalue weighted by molar-refractivity contribution is 0.0875. The Kier molecular flexibility index (Phi) is 4.56. The van der Waals surface area contributed by atoms with Crippen LogP contribution in [-0.4, -0.2) is 39.4 Å². The van der Waals surface area contributed by atoms with Gasteiger partial charge in [-0.2, -0.15) is 4.98 Å². The highest BCUT2D eigenvalue weighted by Crippen LogP contribution is 2.14. The topological polar surface area (TPSA) is 84.9 Å².